The number of β-amino-alcohol motifs (C(OH)–C–C–N with tert-alkyl or cyclic N) is 1. The van der Waals surface area contributed by atoms with E-state index in [2.05, 4.69) is 21.3 Å². The molecule has 234 valence electrons. The smallest absolute Gasteiger partial charge is 0.262 e. The maximum absolute atomic E-state index is 12.2. The van der Waals surface area contributed by atoms with Crippen molar-refractivity contribution in [3.63, 3.8) is 0 Å². The Hall–Kier alpha value is -4.12. The van der Waals surface area contributed by atoms with Crippen LogP contribution in [-0.4, -0.2) is 53.9 Å². The molecule has 1 aliphatic rings. The van der Waals surface area contributed by atoms with Gasteiger partial charge >= 0.3 is 0 Å². The molecule has 1 atom stereocenters. The minimum Gasteiger partial charge on any atom is -0.487 e. The van der Waals surface area contributed by atoms with Gasteiger partial charge in [0.1, 0.15) is 23.9 Å². The highest BCUT2D eigenvalue weighted by Crippen LogP contribution is 2.42. The summed E-state index contributed by atoms with van der Waals surface area (Å²) in [4.78, 5) is 35.5. The molecule has 1 unspecified atom stereocenters. The number of nitrogens with one attached hydrogen (secondary N) is 4. The number of fused-ring (bicyclic) bond motifs is 1. The van der Waals surface area contributed by atoms with E-state index in [0.29, 0.717) is 54.4 Å². The van der Waals surface area contributed by atoms with Crippen molar-refractivity contribution in [2.75, 3.05) is 36.2 Å². The number of ether oxygens (including phenoxy) is 2. The summed E-state index contributed by atoms with van der Waals surface area (Å²) in [5.41, 5.74) is 3.34. The molecule has 4 rings (SSSR count). The number of carbonyl (C=O) groups excluding carboxylic acids is 3. The lowest BCUT2D eigenvalue weighted by Gasteiger charge is -2.30. The molecule has 0 fully saturated rings. The number of halogens is 1. The molecule has 0 radical (unpaired) electrons. The van der Waals surface area contributed by atoms with Gasteiger partial charge in [-0.25, -0.2) is 0 Å². The molecule has 3 aromatic carbocycles. The zero-order valence-electron chi connectivity index (χ0n) is 25.0. The third-order valence-electron chi connectivity index (χ3n) is 7.04. The highest BCUT2D eigenvalue weighted by Gasteiger charge is 2.28. The molecule has 0 spiro atoms. The second-order valence-corrected chi connectivity index (χ2v) is 11.5. The molecule has 1 heterocycles. The van der Waals surface area contributed by atoms with Crippen molar-refractivity contribution >= 4 is 40.7 Å². The molecular formula is C33H39ClN4O6. The number of alkyl halides is 1. The van der Waals surface area contributed by atoms with E-state index in [1.807, 2.05) is 68.4 Å². The first-order valence-electron chi connectivity index (χ1n) is 14.5. The summed E-state index contributed by atoms with van der Waals surface area (Å²) in [7, 11) is 0. The Morgan fingerprint density at radius 3 is 2.52 bits per heavy atom. The zero-order chi connectivity index (χ0) is 31.5. The number of carbonyl (C=O) groups is 3. The maximum atomic E-state index is 12.2. The lowest BCUT2D eigenvalue weighted by atomic mass is 9.94. The highest BCUT2D eigenvalue weighted by molar-refractivity contribution is 6.27. The van der Waals surface area contributed by atoms with Gasteiger partial charge in [-0.3, -0.25) is 14.4 Å². The van der Waals surface area contributed by atoms with Crippen LogP contribution in [0.1, 0.15) is 49.5 Å². The van der Waals surface area contributed by atoms with Gasteiger partial charge in [0.05, 0.1) is 6.10 Å². The van der Waals surface area contributed by atoms with Crippen molar-refractivity contribution in [1.29, 1.82) is 0 Å². The molecule has 44 heavy (non-hydrogen) atoms. The van der Waals surface area contributed by atoms with Crippen molar-refractivity contribution in [3.8, 4) is 11.5 Å². The molecule has 0 saturated carbocycles. The van der Waals surface area contributed by atoms with E-state index >= 15 is 0 Å². The van der Waals surface area contributed by atoms with Gasteiger partial charge in [-0.2, -0.15) is 0 Å². The Kier molecular flexibility index (Phi) is 11.6. The second kappa shape index (κ2) is 15.6. The van der Waals surface area contributed by atoms with Crippen molar-refractivity contribution in [2.24, 2.45) is 0 Å². The quantitative estimate of drug-likeness (QED) is 0.126. The third kappa shape index (κ3) is 9.70. The first kappa shape index (κ1) is 32.8. The summed E-state index contributed by atoms with van der Waals surface area (Å²) < 4.78 is 11.7. The van der Waals surface area contributed by atoms with Gasteiger partial charge < -0.3 is 35.8 Å². The molecular weight excluding hydrogens is 584 g/mol. The lowest BCUT2D eigenvalue weighted by Crippen LogP contribution is -2.43. The van der Waals surface area contributed by atoms with Crippen LogP contribution >= 0.6 is 11.6 Å². The summed E-state index contributed by atoms with van der Waals surface area (Å²) in [6.07, 6.45) is 0.578. The summed E-state index contributed by atoms with van der Waals surface area (Å²) in [6, 6.07) is 20.8. The normalized spacial score (nSPS) is 13.2. The number of amides is 3. The van der Waals surface area contributed by atoms with Crippen LogP contribution in [-0.2, 0) is 27.4 Å². The fraction of sp³-hybridized carbons (Fsp3) is 0.364. The van der Waals surface area contributed by atoms with Gasteiger partial charge in [0, 0.05) is 36.3 Å². The minimum absolute atomic E-state index is 0.0946. The van der Waals surface area contributed by atoms with Gasteiger partial charge in [-0.1, -0.05) is 42.5 Å². The lowest BCUT2D eigenvalue weighted by molar-refractivity contribution is -0.119. The number of hydrogen-bond donors (Lipinski definition) is 5. The fourth-order valence-corrected chi connectivity index (χ4v) is 4.89. The molecule has 0 saturated heterocycles. The summed E-state index contributed by atoms with van der Waals surface area (Å²) >= 11 is 5.44. The highest BCUT2D eigenvalue weighted by atomic mass is 35.5. The van der Waals surface area contributed by atoms with E-state index in [9.17, 15) is 19.5 Å². The zero-order valence-corrected chi connectivity index (χ0v) is 25.7. The van der Waals surface area contributed by atoms with Crippen LogP contribution in [0.5, 0.6) is 11.5 Å². The van der Waals surface area contributed by atoms with Gasteiger partial charge in [-0.05, 0) is 62.1 Å². The molecule has 5 N–H and O–H groups in total. The average molecular weight is 623 g/mol. The van der Waals surface area contributed by atoms with Crippen LogP contribution in [0.25, 0.3) is 0 Å². The van der Waals surface area contributed by atoms with Gasteiger partial charge in [0.25, 0.3) is 5.91 Å². The molecule has 3 aromatic rings. The number of rotatable bonds is 15. The number of hydrogen-bond acceptors (Lipinski definition) is 7. The van der Waals surface area contributed by atoms with Crippen molar-refractivity contribution < 1.29 is 29.0 Å². The van der Waals surface area contributed by atoms with Crippen LogP contribution in [0, 0.1) is 0 Å². The fourth-order valence-electron chi connectivity index (χ4n) is 4.79. The van der Waals surface area contributed by atoms with Crippen LogP contribution in [0.4, 0.5) is 11.4 Å². The van der Waals surface area contributed by atoms with Crippen LogP contribution < -0.4 is 30.7 Å². The molecule has 0 aromatic heterocycles. The van der Waals surface area contributed by atoms with Crippen molar-refractivity contribution in [3.05, 3.63) is 83.4 Å². The number of benzene rings is 3. The monoisotopic (exact) mass is 622 g/mol. The Labute approximate surface area is 262 Å². The Bertz CT molecular complexity index is 1430. The molecule has 1 aliphatic heterocycles. The first-order chi connectivity index (χ1) is 21.1. The first-order valence-corrected chi connectivity index (χ1v) is 15.1. The number of anilines is 2. The van der Waals surface area contributed by atoms with Crippen LogP contribution in [0.15, 0.2) is 66.7 Å². The molecule has 0 bridgehead atoms. The number of aliphatic hydroxyl groups is 1. The van der Waals surface area contributed by atoms with Gasteiger partial charge in [-0.15, -0.1) is 11.6 Å². The minimum atomic E-state index is -0.901. The largest absolute Gasteiger partial charge is 0.487 e. The Balaban J connectivity index is 1.30. The molecule has 0 aliphatic carbocycles. The topological polar surface area (TPSA) is 138 Å². The average Bonchev–Trinajstić information content (AvgIpc) is 3.02. The Morgan fingerprint density at radius 1 is 1.05 bits per heavy atom. The van der Waals surface area contributed by atoms with Crippen LogP contribution in [0.2, 0.25) is 0 Å². The van der Waals surface area contributed by atoms with E-state index in [1.165, 1.54) is 0 Å². The standard InChI is InChI=1S/C33H39ClN4O6/c1-33(2,17-22-10-12-24(13-11-22)37-28(40)9-6-16-35-29(41)18-34)36-19-26(39)25-14-15-27(31-32(25)44-21-30(42)38-31)43-20-23-7-4-3-5-8-23/h3-5,7-8,10-15,26,36,39H,6,9,16-21H2,1-2H3,(H,35,41)(H,37,40)(H,38,42). The predicted molar refractivity (Wildman–Crippen MR) is 170 cm³/mol. The second-order valence-electron chi connectivity index (χ2n) is 11.3. The van der Waals surface area contributed by atoms with E-state index in [4.69, 9.17) is 21.1 Å². The van der Waals surface area contributed by atoms with E-state index in [1.54, 1.807) is 12.1 Å². The van der Waals surface area contributed by atoms with E-state index in [0.717, 1.165) is 11.1 Å². The predicted octanol–water partition coefficient (Wildman–Crippen LogP) is 4.31. The van der Waals surface area contributed by atoms with Crippen molar-refractivity contribution in [1.82, 2.24) is 10.6 Å². The maximum Gasteiger partial charge on any atom is 0.262 e. The van der Waals surface area contributed by atoms with Gasteiger partial charge in [0.15, 0.2) is 12.4 Å². The van der Waals surface area contributed by atoms with E-state index < -0.39 is 6.10 Å². The summed E-state index contributed by atoms with van der Waals surface area (Å²) in [5.74, 6) is 0.109. The summed E-state index contributed by atoms with van der Waals surface area (Å²) in [5, 5.41) is 22.9. The third-order valence-corrected chi connectivity index (χ3v) is 7.28. The molecule has 11 heteroatoms. The van der Waals surface area contributed by atoms with Crippen LogP contribution in [0.3, 0.4) is 0 Å². The molecule has 10 nitrogen and oxygen atoms in total. The van der Waals surface area contributed by atoms with Crippen molar-refractivity contribution in [2.45, 2.75) is 51.4 Å². The van der Waals surface area contributed by atoms with Gasteiger partial charge in [0.2, 0.25) is 11.8 Å². The molecule has 3 amide bonds. The Morgan fingerprint density at radius 2 is 1.80 bits per heavy atom. The SMILES string of the molecule is CC(C)(Cc1ccc(NC(=O)CCCNC(=O)CCl)cc1)NCC(O)c1ccc(OCc2ccccc2)c2c1OCC(=O)N2. The number of aliphatic hydroxyl groups excluding tert-OH is 1. The summed E-state index contributed by atoms with van der Waals surface area (Å²) in [6.45, 7) is 4.92. The van der Waals surface area contributed by atoms with E-state index in [-0.39, 0.29) is 48.7 Å².